The Morgan fingerprint density at radius 2 is 0.850 bits per heavy atom. The summed E-state index contributed by atoms with van der Waals surface area (Å²) in [6, 6.07) is 23.7. The second-order valence-corrected chi connectivity index (χ2v) is 14.1. The summed E-state index contributed by atoms with van der Waals surface area (Å²) in [5.41, 5.74) is 3.25. The molecule has 0 unspecified atom stereocenters. The van der Waals surface area contributed by atoms with Gasteiger partial charge in [0, 0.05) is 40.3 Å². The predicted octanol–water partition coefficient (Wildman–Crippen LogP) is 13.4. The summed E-state index contributed by atoms with van der Waals surface area (Å²) in [6.45, 7) is 4.62. The summed E-state index contributed by atoms with van der Waals surface area (Å²) in [5, 5.41) is 8.45. The van der Waals surface area contributed by atoms with Crippen molar-refractivity contribution < 1.29 is 0 Å². The number of aryl methyl sites for hydroxylation is 2. The molecule has 4 aromatic carbocycles. The van der Waals surface area contributed by atoms with Crippen LogP contribution in [0.15, 0.2) is 60.7 Å². The van der Waals surface area contributed by atoms with Crippen LogP contribution in [0.2, 0.25) is 0 Å². The molecule has 0 spiro atoms. The van der Waals surface area contributed by atoms with Crippen LogP contribution < -0.4 is 0 Å². The van der Waals surface area contributed by atoms with Gasteiger partial charge >= 0.3 is 0 Å². The molecule has 0 saturated carbocycles. The molecule has 0 radical (unpaired) electrons. The Bertz CT molecular complexity index is 1730. The van der Waals surface area contributed by atoms with Gasteiger partial charge in [0.05, 0.1) is 0 Å². The van der Waals surface area contributed by atoms with Gasteiger partial charge in [0.1, 0.15) is 0 Å². The highest BCUT2D eigenvalue weighted by Crippen LogP contribution is 2.43. The van der Waals surface area contributed by atoms with Crippen molar-refractivity contribution in [1.82, 2.24) is 0 Å². The van der Waals surface area contributed by atoms with Gasteiger partial charge < -0.3 is 0 Å². The minimum Gasteiger partial charge on any atom is -0.135 e. The minimum atomic E-state index is 1.24. The zero-order chi connectivity index (χ0) is 27.3. The highest BCUT2D eigenvalue weighted by Gasteiger charge is 2.14. The van der Waals surface area contributed by atoms with Crippen molar-refractivity contribution in [3.8, 4) is 0 Å². The minimum absolute atomic E-state index is 1.24. The van der Waals surface area contributed by atoms with Crippen LogP contribution in [0.1, 0.15) is 102 Å². The largest absolute Gasteiger partial charge is 0.135 e. The Labute approximate surface area is 248 Å². The van der Waals surface area contributed by atoms with Gasteiger partial charge in [-0.15, -0.1) is 22.7 Å². The molecular weight excluding hydrogens is 521 g/mol. The van der Waals surface area contributed by atoms with E-state index < -0.39 is 0 Å². The third kappa shape index (κ3) is 5.95. The molecule has 0 nitrogen and oxygen atoms in total. The molecule has 0 N–H and O–H groups in total. The summed E-state index contributed by atoms with van der Waals surface area (Å²) < 4.78 is 5.75. The predicted molar refractivity (Wildman–Crippen MR) is 184 cm³/mol. The number of thiophene rings is 2. The van der Waals surface area contributed by atoms with E-state index in [2.05, 4.69) is 74.5 Å². The van der Waals surface area contributed by atoms with Gasteiger partial charge in [-0.2, -0.15) is 0 Å². The van der Waals surface area contributed by atoms with Crippen LogP contribution in [0.4, 0.5) is 0 Å². The van der Waals surface area contributed by atoms with Crippen LogP contribution in [-0.4, -0.2) is 0 Å². The molecule has 0 aliphatic carbocycles. The first-order valence-electron chi connectivity index (χ1n) is 16.0. The van der Waals surface area contributed by atoms with Crippen molar-refractivity contribution in [2.24, 2.45) is 0 Å². The number of rotatable bonds is 14. The van der Waals surface area contributed by atoms with Crippen LogP contribution in [0.5, 0.6) is 0 Å². The molecule has 208 valence electrons. The van der Waals surface area contributed by atoms with E-state index in [1.165, 1.54) is 141 Å². The smallest absolute Gasteiger partial charge is 0.0362 e. The number of benzene rings is 4. The first-order valence-corrected chi connectivity index (χ1v) is 17.6. The number of hydrogen-bond donors (Lipinski definition) is 0. The summed E-state index contributed by atoms with van der Waals surface area (Å²) in [7, 11) is 0. The second kappa shape index (κ2) is 13.0. The molecule has 0 amide bonds. The molecule has 6 rings (SSSR count). The van der Waals surface area contributed by atoms with Crippen molar-refractivity contribution >= 4 is 73.8 Å². The van der Waals surface area contributed by atoms with Crippen LogP contribution in [0.3, 0.4) is 0 Å². The lowest BCUT2D eigenvalue weighted by molar-refractivity contribution is 0.599. The Morgan fingerprint density at radius 1 is 0.425 bits per heavy atom. The quantitative estimate of drug-likeness (QED) is 0.115. The molecule has 0 aliphatic heterocycles. The monoisotopic (exact) mass is 564 g/mol. The Balaban J connectivity index is 1.34. The topological polar surface area (TPSA) is 0 Å². The van der Waals surface area contributed by atoms with E-state index in [9.17, 15) is 0 Å². The molecule has 0 fully saturated rings. The number of hydrogen-bond acceptors (Lipinski definition) is 2. The molecule has 0 bridgehead atoms. The maximum Gasteiger partial charge on any atom is 0.0362 e. The van der Waals surface area contributed by atoms with E-state index in [0.717, 1.165) is 0 Å². The normalized spacial score (nSPS) is 12.2. The van der Waals surface area contributed by atoms with E-state index in [4.69, 9.17) is 0 Å². The van der Waals surface area contributed by atoms with E-state index in [0.29, 0.717) is 0 Å². The SMILES string of the molecule is CCCCCCCCc1cc2sc3cc4c(cc3c2cc1CCCCCCCC)sc1cc2ccccc2cc14. The van der Waals surface area contributed by atoms with E-state index >= 15 is 0 Å². The van der Waals surface area contributed by atoms with Gasteiger partial charge in [-0.25, -0.2) is 0 Å². The molecule has 2 heterocycles. The van der Waals surface area contributed by atoms with Crippen LogP contribution in [-0.2, 0) is 12.8 Å². The average molecular weight is 565 g/mol. The lowest BCUT2D eigenvalue weighted by atomic mass is 9.94. The molecular formula is C38H44S2. The third-order valence-electron chi connectivity index (χ3n) is 8.85. The molecule has 0 aliphatic rings. The van der Waals surface area contributed by atoms with Crippen molar-refractivity contribution in [1.29, 1.82) is 0 Å². The standard InChI is InChI=1S/C38H44S2/c1-3-5-7-9-11-13-17-27-21-31-33-25-38-34(32-22-28-19-15-16-20-30(28)24-36(32)40-38)26-37(33)39-35(31)23-29(27)18-14-12-10-8-6-4-2/h15-16,19-26H,3-14,17-18H2,1-2H3. The van der Waals surface area contributed by atoms with Crippen LogP contribution in [0, 0.1) is 0 Å². The molecule has 0 saturated heterocycles. The highest BCUT2D eigenvalue weighted by molar-refractivity contribution is 7.27. The summed E-state index contributed by atoms with van der Waals surface area (Å²) >= 11 is 3.96. The van der Waals surface area contributed by atoms with E-state index in [-0.39, 0.29) is 0 Å². The lowest BCUT2D eigenvalue weighted by Gasteiger charge is -2.11. The summed E-state index contributed by atoms with van der Waals surface area (Å²) in [4.78, 5) is 0. The lowest BCUT2D eigenvalue weighted by Crippen LogP contribution is -1.96. The average Bonchev–Trinajstić information content (AvgIpc) is 3.50. The fourth-order valence-corrected chi connectivity index (χ4v) is 8.85. The maximum atomic E-state index is 2.60. The first-order chi connectivity index (χ1) is 19.7. The molecule has 6 aromatic rings. The molecule has 0 atom stereocenters. The van der Waals surface area contributed by atoms with Gasteiger partial charge in [-0.1, -0.05) is 102 Å². The number of unbranched alkanes of at least 4 members (excludes halogenated alkanes) is 10. The summed E-state index contributed by atoms with van der Waals surface area (Å²) in [6.07, 6.45) is 18.9. The molecule has 2 aromatic heterocycles. The highest BCUT2D eigenvalue weighted by atomic mass is 32.1. The Hall–Kier alpha value is -2.42. The molecule has 40 heavy (non-hydrogen) atoms. The zero-order valence-corrected chi connectivity index (χ0v) is 26.1. The van der Waals surface area contributed by atoms with Crippen molar-refractivity contribution in [2.45, 2.75) is 104 Å². The zero-order valence-electron chi connectivity index (χ0n) is 24.5. The van der Waals surface area contributed by atoms with Crippen molar-refractivity contribution in [3.05, 3.63) is 71.8 Å². The van der Waals surface area contributed by atoms with E-state index in [1.807, 2.05) is 22.7 Å². The van der Waals surface area contributed by atoms with Gasteiger partial charge in [0.15, 0.2) is 0 Å². The fourth-order valence-electron chi connectivity index (χ4n) is 6.52. The second-order valence-electron chi connectivity index (χ2n) is 11.9. The van der Waals surface area contributed by atoms with Crippen LogP contribution in [0.25, 0.3) is 51.1 Å². The van der Waals surface area contributed by atoms with E-state index in [1.54, 1.807) is 11.1 Å². The van der Waals surface area contributed by atoms with Crippen LogP contribution >= 0.6 is 22.7 Å². The van der Waals surface area contributed by atoms with Gasteiger partial charge in [0.25, 0.3) is 0 Å². The van der Waals surface area contributed by atoms with Gasteiger partial charge in [-0.05, 0) is 84.0 Å². The third-order valence-corrected chi connectivity index (χ3v) is 11.1. The maximum absolute atomic E-state index is 2.60. The fraction of sp³-hybridized carbons (Fsp3) is 0.421. The molecule has 2 heteroatoms. The Kier molecular flexibility index (Phi) is 9.05. The first kappa shape index (κ1) is 27.7. The summed E-state index contributed by atoms with van der Waals surface area (Å²) in [5.74, 6) is 0. The van der Waals surface area contributed by atoms with Gasteiger partial charge in [0.2, 0.25) is 0 Å². The van der Waals surface area contributed by atoms with Crippen molar-refractivity contribution in [2.75, 3.05) is 0 Å². The van der Waals surface area contributed by atoms with Gasteiger partial charge in [-0.3, -0.25) is 0 Å². The van der Waals surface area contributed by atoms with Crippen molar-refractivity contribution in [3.63, 3.8) is 0 Å². The number of fused-ring (bicyclic) bond motifs is 7. The Morgan fingerprint density at radius 3 is 1.45 bits per heavy atom.